The van der Waals surface area contributed by atoms with Crippen molar-refractivity contribution in [2.75, 3.05) is 0 Å². The van der Waals surface area contributed by atoms with Gasteiger partial charge in [0.05, 0.1) is 0 Å². The number of hydrogen-bond donors (Lipinski definition) is 0. The minimum absolute atomic E-state index is 1.15. The molecule has 0 atom stereocenters. The second-order valence-electron chi connectivity index (χ2n) is 7.81. The summed E-state index contributed by atoms with van der Waals surface area (Å²) in [7, 11) is 0. The summed E-state index contributed by atoms with van der Waals surface area (Å²) in [4.78, 5) is 0. The van der Waals surface area contributed by atoms with Crippen LogP contribution in [0.1, 0.15) is 87.8 Å². The fraction of sp³-hybridized carbons (Fsp3) is 0.538. The summed E-state index contributed by atoms with van der Waals surface area (Å²) in [5.74, 6) is 0. The number of hydrogen-bond acceptors (Lipinski definition) is 0. The molecule has 1 radical (unpaired) electrons. The molecule has 0 heterocycles. The summed E-state index contributed by atoms with van der Waals surface area (Å²) >= 11 is 0. The van der Waals surface area contributed by atoms with E-state index in [0.717, 1.165) is 6.42 Å². The first kappa shape index (κ1) is 20.7. The minimum atomic E-state index is 1.15. The topological polar surface area (TPSA) is 0 Å². The molecule has 0 amide bonds. The van der Waals surface area contributed by atoms with Crippen LogP contribution in [0.4, 0.5) is 0 Å². The molecular weight excluding hydrogens is 312 g/mol. The molecule has 141 valence electrons. The lowest BCUT2D eigenvalue weighted by molar-refractivity contribution is 0.556. The van der Waals surface area contributed by atoms with Crippen LogP contribution >= 0.6 is 0 Å². The largest absolute Gasteiger partial charge is 0.0654 e. The third kappa shape index (κ3) is 6.98. The molecule has 0 aliphatic carbocycles. The minimum Gasteiger partial charge on any atom is -0.0654 e. The van der Waals surface area contributed by atoms with E-state index in [4.69, 9.17) is 0 Å². The smallest absolute Gasteiger partial charge is 0.0143 e. The molecule has 0 aromatic heterocycles. The summed E-state index contributed by atoms with van der Waals surface area (Å²) in [6.07, 6.45) is 15.1. The average molecular weight is 350 g/mol. The van der Waals surface area contributed by atoms with Crippen LogP contribution in [-0.4, -0.2) is 0 Å². The maximum absolute atomic E-state index is 3.51. The molecule has 0 unspecified atom stereocenters. The number of unbranched alkanes of at least 4 members (excludes halogenated alkanes) is 9. The Morgan fingerprint density at radius 3 is 2.04 bits per heavy atom. The van der Waals surface area contributed by atoms with Gasteiger partial charge in [-0.25, -0.2) is 0 Å². The Morgan fingerprint density at radius 2 is 1.38 bits per heavy atom. The van der Waals surface area contributed by atoms with Crippen LogP contribution in [0.25, 0.3) is 11.1 Å². The van der Waals surface area contributed by atoms with Gasteiger partial charge in [-0.2, -0.15) is 0 Å². The summed E-state index contributed by atoms with van der Waals surface area (Å²) in [5.41, 5.74) is 6.84. The van der Waals surface area contributed by atoms with E-state index in [0.29, 0.717) is 0 Å². The molecule has 0 aliphatic heterocycles. The maximum Gasteiger partial charge on any atom is -0.0143 e. The fourth-order valence-corrected chi connectivity index (χ4v) is 3.84. The van der Waals surface area contributed by atoms with Gasteiger partial charge in [-0.05, 0) is 55.0 Å². The van der Waals surface area contributed by atoms with Crippen molar-refractivity contribution in [1.82, 2.24) is 0 Å². The van der Waals surface area contributed by atoms with Gasteiger partial charge in [-0.15, -0.1) is 0 Å². The summed E-state index contributed by atoms with van der Waals surface area (Å²) in [6.45, 7) is 6.67. The van der Waals surface area contributed by atoms with Crippen LogP contribution in [0, 0.1) is 19.9 Å². The highest BCUT2D eigenvalue weighted by molar-refractivity contribution is 5.70. The third-order valence-electron chi connectivity index (χ3n) is 5.39. The molecule has 0 N–H and O–H groups in total. The molecule has 0 saturated heterocycles. The van der Waals surface area contributed by atoms with Gasteiger partial charge in [0.1, 0.15) is 0 Å². The van der Waals surface area contributed by atoms with E-state index in [1.54, 1.807) is 0 Å². The lowest BCUT2D eigenvalue weighted by Crippen LogP contribution is -1.93. The normalized spacial score (nSPS) is 11.0. The Hall–Kier alpha value is -1.56. The van der Waals surface area contributed by atoms with E-state index in [-0.39, 0.29) is 0 Å². The van der Waals surface area contributed by atoms with E-state index in [1.807, 2.05) is 0 Å². The number of aryl methyl sites for hydroxylation is 3. The monoisotopic (exact) mass is 349 g/mol. The Balaban J connectivity index is 1.75. The van der Waals surface area contributed by atoms with Crippen molar-refractivity contribution in [3.05, 3.63) is 59.2 Å². The van der Waals surface area contributed by atoms with Crippen LogP contribution in [0.5, 0.6) is 0 Å². The Kier molecular flexibility index (Phi) is 9.53. The van der Waals surface area contributed by atoms with Crippen LogP contribution in [0.15, 0.2) is 36.4 Å². The van der Waals surface area contributed by atoms with Crippen LogP contribution in [0.2, 0.25) is 0 Å². The Morgan fingerprint density at radius 1 is 0.731 bits per heavy atom. The first-order chi connectivity index (χ1) is 12.7. The number of benzene rings is 2. The predicted molar refractivity (Wildman–Crippen MR) is 116 cm³/mol. The van der Waals surface area contributed by atoms with Gasteiger partial charge < -0.3 is 0 Å². The van der Waals surface area contributed by atoms with E-state index in [9.17, 15) is 0 Å². The first-order valence-electron chi connectivity index (χ1n) is 10.8. The molecule has 0 bridgehead atoms. The van der Waals surface area contributed by atoms with E-state index < -0.39 is 0 Å². The molecule has 2 aromatic rings. The molecule has 0 fully saturated rings. The molecular formula is C26H37. The second-order valence-corrected chi connectivity index (χ2v) is 7.81. The molecule has 2 rings (SSSR count). The van der Waals surface area contributed by atoms with Crippen molar-refractivity contribution in [1.29, 1.82) is 0 Å². The zero-order valence-corrected chi connectivity index (χ0v) is 17.2. The average Bonchev–Trinajstić information content (AvgIpc) is 2.64. The van der Waals surface area contributed by atoms with Gasteiger partial charge in [0.15, 0.2) is 0 Å². The second kappa shape index (κ2) is 11.9. The quantitative estimate of drug-likeness (QED) is 0.338. The lowest BCUT2D eigenvalue weighted by atomic mass is 9.92. The molecule has 2 aromatic carbocycles. The Labute approximate surface area is 162 Å². The van der Waals surface area contributed by atoms with Gasteiger partial charge in [-0.1, -0.05) is 107 Å². The maximum atomic E-state index is 3.51. The Bertz CT molecular complexity index is 638. The first-order valence-corrected chi connectivity index (χ1v) is 10.8. The standard InChI is InChI=1S/C26H37/c1-4-5-6-7-8-9-10-11-12-13-16-24-17-14-15-18-26(24)25-20-19-22(2)21-23(25)3/h14-15,18-21H,4-13,16H2,1-3H3. The molecule has 0 spiro atoms. The van der Waals surface area contributed by atoms with Crippen LogP contribution in [0.3, 0.4) is 0 Å². The SMILES string of the molecule is CCCCCCCCCCCCc1[c]cccc1-c1ccc(C)cc1C. The molecule has 0 saturated carbocycles. The van der Waals surface area contributed by atoms with E-state index in [1.165, 1.54) is 92.0 Å². The molecule has 0 nitrogen and oxygen atoms in total. The van der Waals surface area contributed by atoms with Crippen molar-refractivity contribution in [2.24, 2.45) is 0 Å². The predicted octanol–water partition coefficient (Wildman–Crippen LogP) is 8.23. The number of rotatable bonds is 12. The van der Waals surface area contributed by atoms with E-state index in [2.05, 4.69) is 63.2 Å². The molecule has 0 heteroatoms. The van der Waals surface area contributed by atoms with Gasteiger partial charge in [0, 0.05) is 0 Å². The fourth-order valence-electron chi connectivity index (χ4n) is 3.84. The van der Waals surface area contributed by atoms with Crippen molar-refractivity contribution in [3.63, 3.8) is 0 Å². The molecule has 0 aliphatic rings. The van der Waals surface area contributed by atoms with Gasteiger partial charge in [0.2, 0.25) is 0 Å². The lowest BCUT2D eigenvalue weighted by Gasteiger charge is -2.12. The third-order valence-corrected chi connectivity index (χ3v) is 5.39. The van der Waals surface area contributed by atoms with E-state index >= 15 is 0 Å². The summed E-state index contributed by atoms with van der Waals surface area (Å²) in [5, 5.41) is 0. The highest BCUT2D eigenvalue weighted by Gasteiger charge is 2.07. The highest BCUT2D eigenvalue weighted by atomic mass is 14.1. The molecule has 26 heavy (non-hydrogen) atoms. The van der Waals surface area contributed by atoms with Gasteiger partial charge in [-0.3, -0.25) is 0 Å². The van der Waals surface area contributed by atoms with Crippen molar-refractivity contribution in [3.8, 4) is 11.1 Å². The van der Waals surface area contributed by atoms with Crippen molar-refractivity contribution >= 4 is 0 Å². The zero-order valence-electron chi connectivity index (χ0n) is 17.2. The van der Waals surface area contributed by atoms with Crippen molar-refractivity contribution < 1.29 is 0 Å². The van der Waals surface area contributed by atoms with Crippen LogP contribution < -0.4 is 0 Å². The summed E-state index contributed by atoms with van der Waals surface area (Å²) in [6, 6.07) is 16.7. The van der Waals surface area contributed by atoms with Crippen molar-refractivity contribution in [2.45, 2.75) is 91.4 Å². The van der Waals surface area contributed by atoms with Crippen LogP contribution in [-0.2, 0) is 6.42 Å². The zero-order chi connectivity index (χ0) is 18.6. The highest BCUT2D eigenvalue weighted by Crippen LogP contribution is 2.28. The van der Waals surface area contributed by atoms with Gasteiger partial charge in [0.25, 0.3) is 0 Å². The van der Waals surface area contributed by atoms with Gasteiger partial charge >= 0.3 is 0 Å². The summed E-state index contributed by atoms with van der Waals surface area (Å²) < 4.78 is 0.